The van der Waals surface area contributed by atoms with Crippen molar-refractivity contribution in [3.63, 3.8) is 0 Å². The molecule has 0 aliphatic carbocycles. The van der Waals surface area contributed by atoms with E-state index in [1.54, 1.807) is 19.1 Å². The van der Waals surface area contributed by atoms with E-state index in [4.69, 9.17) is 21.4 Å². The molecule has 0 saturated carbocycles. The summed E-state index contributed by atoms with van der Waals surface area (Å²) in [6, 6.07) is 6.15. The van der Waals surface area contributed by atoms with Crippen LogP contribution < -0.4 is 0 Å². The molecule has 0 aliphatic heterocycles. The molecule has 1 atom stereocenters. The number of aliphatic carboxylic acids is 1. The Kier molecular flexibility index (Phi) is 5.32. The lowest BCUT2D eigenvalue weighted by atomic mass is 9.77. The van der Waals surface area contributed by atoms with Crippen molar-refractivity contribution in [3.8, 4) is 0 Å². The van der Waals surface area contributed by atoms with Crippen molar-refractivity contribution < 1.29 is 24.5 Å². The van der Waals surface area contributed by atoms with Gasteiger partial charge in [0.2, 0.25) is 0 Å². The molecule has 0 saturated heterocycles. The second-order valence-electron chi connectivity index (χ2n) is 3.88. The number of benzene rings is 1. The number of hydrogen-bond acceptors (Lipinski definition) is 4. The fourth-order valence-corrected chi connectivity index (χ4v) is 2.18. The van der Waals surface area contributed by atoms with Crippen LogP contribution in [0.5, 0.6) is 0 Å². The Hall–Kier alpha value is -1.59. The Balaban J connectivity index is 3.44. The molecule has 0 aromatic heterocycles. The number of hydrogen-bond donors (Lipinski definition) is 2. The van der Waals surface area contributed by atoms with E-state index in [9.17, 15) is 14.7 Å². The third-order valence-corrected chi connectivity index (χ3v) is 3.14. The van der Waals surface area contributed by atoms with E-state index in [1.165, 1.54) is 12.1 Å². The molecule has 0 amide bonds. The van der Waals surface area contributed by atoms with Crippen molar-refractivity contribution in [2.24, 2.45) is 0 Å². The van der Waals surface area contributed by atoms with Crippen molar-refractivity contribution in [2.75, 3.05) is 13.2 Å². The van der Waals surface area contributed by atoms with E-state index in [-0.39, 0.29) is 23.6 Å². The highest BCUT2D eigenvalue weighted by Gasteiger charge is 2.50. The molecule has 0 bridgehead atoms. The van der Waals surface area contributed by atoms with Crippen LogP contribution in [0.4, 0.5) is 0 Å². The number of ether oxygens (including phenoxy) is 1. The summed E-state index contributed by atoms with van der Waals surface area (Å²) in [6.07, 6.45) is -0.301. The average molecular weight is 287 g/mol. The Bertz CT molecular complexity index is 474. The van der Waals surface area contributed by atoms with Crippen molar-refractivity contribution >= 4 is 23.5 Å². The minimum atomic E-state index is -1.98. The number of esters is 1. The van der Waals surface area contributed by atoms with Gasteiger partial charge in [-0.2, -0.15) is 0 Å². The van der Waals surface area contributed by atoms with Gasteiger partial charge in [0.05, 0.1) is 6.61 Å². The van der Waals surface area contributed by atoms with Crippen LogP contribution in [0.1, 0.15) is 18.9 Å². The highest BCUT2D eigenvalue weighted by atomic mass is 35.5. The first-order valence-electron chi connectivity index (χ1n) is 5.77. The fraction of sp³-hybridized carbons (Fsp3) is 0.385. The van der Waals surface area contributed by atoms with Gasteiger partial charge in [0, 0.05) is 18.1 Å². The third kappa shape index (κ3) is 2.88. The highest BCUT2D eigenvalue weighted by Crippen LogP contribution is 2.35. The molecule has 0 heterocycles. The lowest BCUT2D eigenvalue weighted by Gasteiger charge is -2.27. The van der Waals surface area contributed by atoms with Gasteiger partial charge in [-0.25, -0.2) is 0 Å². The molecule has 5 nitrogen and oxygen atoms in total. The van der Waals surface area contributed by atoms with Gasteiger partial charge in [0.25, 0.3) is 0 Å². The van der Waals surface area contributed by atoms with Gasteiger partial charge in [-0.1, -0.05) is 29.8 Å². The zero-order valence-electron chi connectivity index (χ0n) is 10.4. The van der Waals surface area contributed by atoms with Crippen molar-refractivity contribution in [2.45, 2.75) is 18.8 Å². The minimum absolute atomic E-state index is 0.0454. The summed E-state index contributed by atoms with van der Waals surface area (Å²) in [5.74, 6) is -2.32. The molecule has 1 aromatic carbocycles. The summed E-state index contributed by atoms with van der Waals surface area (Å²) in [7, 11) is 0. The van der Waals surface area contributed by atoms with Gasteiger partial charge in [-0.15, -0.1) is 0 Å². The highest BCUT2D eigenvalue weighted by molar-refractivity contribution is 6.32. The molecule has 104 valence electrons. The van der Waals surface area contributed by atoms with E-state index >= 15 is 0 Å². The molecule has 0 fully saturated rings. The average Bonchev–Trinajstić information content (AvgIpc) is 2.36. The van der Waals surface area contributed by atoms with Crippen LogP contribution >= 0.6 is 11.6 Å². The van der Waals surface area contributed by atoms with E-state index in [0.29, 0.717) is 0 Å². The van der Waals surface area contributed by atoms with E-state index in [1.807, 2.05) is 0 Å². The minimum Gasteiger partial charge on any atom is -0.480 e. The van der Waals surface area contributed by atoms with Crippen LogP contribution in [0.3, 0.4) is 0 Å². The predicted molar refractivity (Wildman–Crippen MR) is 69.1 cm³/mol. The number of aliphatic hydroxyl groups is 1. The zero-order valence-corrected chi connectivity index (χ0v) is 11.2. The van der Waals surface area contributed by atoms with Gasteiger partial charge >= 0.3 is 11.9 Å². The van der Waals surface area contributed by atoms with Crippen molar-refractivity contribution in [1.29, 1.82) is 0 Å². The van der Waals surface area contributed by atoms with Gasteiger partial charge in [0.15, 0.2) is 5.41 Å². The Morgan fingerprint density at radius 2 is 2.00 bits per heavy atom. The normalized spacial score (nSPS) is 13.6. The summed E-state index contributed by atoms with van der Waals surface area (Å²) in [4.78, 5) is 23.7. The molecule has 0 radical (unpaired) electrons. The van der Waals surface area contributed by atoms with Crippen LogP contribution in [-0.4, -0.2) is 35.4 Å². The van der Waals surface area contributed by atoms with Crippen LogP contribution in [0.2, 0.25) is 5.02 Å². The molecule has 0 aliphatic rings. The summed E-state index contributed by atoms with van der Waals surface area (Å²) in [5, 5.41) is 18.7. The number of carboxylic acid groups (broad SMARTS) is 1. The van der Waals surface area contributed by atoms with Crippen LogP contribution in [0.25, 0.3) is 0 Å². The molecule has 1 rings (SSSR count). The Morgan fingerprint density at radius 1 is 1.37 bits per heavy atom. The molecule has 0 spiro atoms. The number of rotatable bonds is 6. The summed E-state index contributed by atoms with van der Waals surface area (Å²) >= 11 is 5.98. The smallest absolute Gasteiger partial charge is 0.328 e. The lowest BCUT2D eigenvalue weighted by Crippen LogP contribution is -2.46. The first-order valence-corrected chi connectivity index (χ1v) is 6.15. The number of carbonyl (C=O) groups excluding carboxylic acids is 1. The van der Waals surface area contributed by atoms with Crippen LogP contribution in [0.15, 0.2) is 24.3 Å². The lowest BCUT2D eigenvalue weighted by molar-refractivity contribution is -0.162. The standard InChI is InChI=1S/C13H15ClO5/c1-2-19-12(18)13(7-8-15,11(16)17)9-5-3-4-6-10(9)14/h3-6,15H,2,7-8H2,1H3,(H,16,17). The predicted octanol–water partition coefficient (Wildman–Crippen LogP) is 1.61. The van der Waals surface area contributed by atoms with E-state index in [0.717, 1.165) is 0 Å². The van der Waals surface area contributed by atoms with Gasteiger partial charge in [0.1, 0.15) is 0 Å². The third-order valence-electron chi connectivity index (χ3n) is 2.81. The maximum absolute atomic E-state index is 12.1. The second-order valence-corrected chi connectivity index (χ2v) is 4.29. The topological polar surface area (TPSA) is 83.8 Å². The van der Waals surface area contributed by atoms with Crippen molar-refractivity contribution in [3.05, 3.63) is 34.9 Å². The maximum atomic E-state index is 12.1. The quantitative estimate of drug-likeness (QED) is 0.613. The van der Waals surface area contributed by atoms with Gasteiger partial charge < -0.3 is 14.9 Å². The monoisotopic (exact) mass is 286 g/mol. The fourth-order valence-electron chi connectivity index (χ4n) is 1.89. The summed E-state index contributed by atoms with van der Waals surface area (Å²) in [5.41, 5.74) is -1.86. The van der Waals surface area contributed by atoms with Crippen molar-refractivity contribution in [1.82, 2.24) is 0 Å². The molecule has 1 unspecified atom stereocenters. The molecule has 1 aromatic rings. The molecular formula is C13H15ClO5. The number of halogens is 1. The SMILES string of the molecule is CCOC(=O)C(CCO)(C(=O)O)c1ccccc1Cl. The molecular weight excluding hydrogens is 272 g/mol. The van der Waals surface area contributed by atoms with Gasteiger partial charge in [-0.3, -0.25) is 9.59 Å². The van der Waals surface area contributed by atoms with E-state index < -0.39 is 24.0 Å². The first kappa shape index (κ1) is 15.5. The summed E-state index contributed by atoms with van der Waals surface area (Å²) < 4.78 is 4.84. The van der Waals surface area contributed by atoms with E-state index in [2.05, 4.69) is 0 Å². The zero-order chi connectivity index (χ0) is 14.5. The largest absolute Gasteiger partial charge is 0.480 e. The molecule has 2 N–H and O–H groups in total. The maximum Gasteiger partial charge on any atom is 0.328 e. The van der Waals surface area contributed by atoms with Gasteiger partial charge in [-0.05, 0) is 18.6 Å². The second kappa shape index (κ2) is 6.54. The molecule has 19 heavy (non-hydrogen) atoms. The molecule has 6 heteroatoms. The first-order chi connectivity index (χ1) is 9.00. The van der Waals surface area contributed by atoms with Crippen LogP contribution in [-0.2, 0) is 19.7 Å². The number of carbonyl (C=O) groups is 2. The number of aliphatic hydroxyl groups excluding tert-OH is 1. The summed E-state index contributed by atoms with van der Waals surface area (Å²) in [6.45, 7) is 1.15. The van der Waals surface area contributed by atoms with Crippen LogP contribution in [0, 0.1) is 0 Å². The Labute approximate surface area is 115 Å². The number of carboxylic acids is 1. The Morgan fingerprint density at radius 3 is 2.47 bits per heavy atom.